The summed E-state index contributed by atoms with van der Waals surface area (Å²) in [6.45, 7) is 0.929. The Bertz CT molecular complexity index is 1180. The number of methoxy groups -OCH3 is 1. The molecule has 1 N–H and O–H groups in total. The molecule has 0 aliphatic carbocycles. The SMILES string of the molecule is COc1ccc2c(CNCc3ccco3)c(C(=O)[O-])n(Cc3cccc(F)c3)c2c1. The number of aromatic nitrogens is 1. The highest BCUT2D eigenvalue weighted by atomic mass is 19.1. The summed E-state index contributed by atoms with van der Waals surface area (Å²) in [6, 6.07) is 15.1. The molecule has 0 spiro atoms. The van der Waals surface area contributed by atoms with Gasteiger partial charge in [-0.3, -0.25) is 0 Å². The van der Waals surface area contributed by atoms with E-state index in [9.17, 15) is 14.3 Å². The fourth-order valence-electron chi connectivity index (χ4n) is 3.65. The number of nitrogens with zero attached hydrogens (tertiary/aromatic N) is 1. The maximum atomic E-state index is 13.7. The molecule has 0 aliphatic heterocycles. The van der Waals surface area contributed by atoms with Crippen molar-refractivity contribution in [3.63, 3.8) is 0 Å². The zero-order chi connectivity index (χ0) is 21.1. The molecule has 6 nitrogen and oxygen atoms in total. The molecule has 0 amide bonds. The van der Waals surface area contributed by atoms with E-state index in [-0.39, 0.29) is 18.1 Å². The predicted molar refractivity (Wildman–Crippen MR) is 108 cm³/mol. The summed E-state index contributed by atoms with van der Waals surface area (Å²) in [5, 5.41) is 16.1. The number of carboxylic acid groups (broad SMARTS) is 1. The van der Waals surface area contributed by atoms with Crippen molar-refractivity contribution >= 4 is 16.9 Å². The highest BCUT2D eigenvalue weighted by Crippen LogP contribution is 2.30. The number of hydrogen-bond donors (Lipinski definition) is 1. The third kappa shape index (κ3) is 3.92. The lowest BCUT2D eigenvalue weighted by Crippen LogP contribution is -2.28. The smallest absolute Gasteiger partial charge is 0.123 e. The molecule has 0 aliphatic rings. The minimum absolute atomic E-state index is 0.0504. The number of nitrogens with one attached hydrogen (secondary N) is 1. The Balaban J connectivity index is 1.78. The van der Waals surface area contributed by atoms with Crippen molar-refractivity contribution in [2.75, 3.05) is 7.11 Å². The summed E-state index contributed by atoms with van der Waals surface area (Å²) in [5.74, 6) is -0.330. The number of carbonyl (C=O) groups excluding carboxylic acids is 1. The van der Waals surface area contributed by atoms with E-state index < -0.39 is 5.97 Å². The van der Waals surface area contributed by atoms with E-state index in [1.807, 2.05) is 12.1 Å². The molecule has 0 saturated heterocycles. The van der Waals surface area contributed by atoms with Crippen LogP contribution in [0.4, 0.5) is 4.39 Å². The molecule has 30 heavy (non-hydrogen) atoms. The van der Waals surface area contributed by atoms with Crippen molar-refractivity contribution in [2.24, 2.45) is 0 Å². The molecule has 4 aromatic rings. The van der Waals surface area contributed by atoms with Gasteiger partial charge in [0.05, 0.1) is 37.1 Å². The molecule has 7 heteroatoms. The van der Waals surface area contributed by atoms with Crippen LogP contribution in [0.1, 0.15) is 27.4 Å². The van der Waals surface area contributed by atoms with Gasteiger partial charge < -0.3 is 28.9 Å². The zero-order valence-electron chi connectivity index (χ0n) is 16.4. The van der Waals surface area contributed by atoms with Crippen LogP contribution in [0.15, 0.2) is 65.3 Å². The molecule has 0 radical (unpaired) electrons. The molecular formula is C23H20FN2O4-. The van der Waals surface area contributed by atoms with Crippen LogP contribution < -0.4 is 15.2 Å². The third-order valence-electron chi connectivity index (χ3n) is 4.98. The van der Waals surface area contributed by atoms with Crippen LogP contribution in [0.5, 0.6) is 5.75 Å². The number of benzene rings is 2. The molecule has 0 bridgehead atoms. The summed E-state index contributed by atoms with van der Waals surface area (Å²) in [6.07, 6.45) is 1.58. The average Bonchev–Trinajstić information content (AvgIpc) is 3.34. The topological polar surface area (TPSA) is 79.5 Å². The monoisotopic (exact) mass is 407 g/mol. The molecular weight excluding hydrogens is 387 g/mol. The summed E-state index contributed by atoms with van der Waals surface area (Å²) >= 11 is 0. The molecule has 0 unspecified atom stereocenters. The number of rotatable bonds is 8. The van der Waals surface area contributed by atoms with Crippen LogP contribution in [-0.2, 0) is 19.6 Å². The van der Waals surface area contributed by atoms with Gasteiger partial charge in [-0.2, -0.15) is 0 Å². The highest BCUT2D eigenvalue weighted by molar-refractivity contribution is 5.98. The Hall–Kier alpha value is -3.58. The van der Waals surface area contributed by atoms with Crippen molar-refractivity contribution in [3.8, 4) is 5.75 Å². The van der Waals surface area contributed by atoms with Gasteiger partial charge in [0.2, 0.25) is 0 Å². The number of hydrogen-bond acceptors (Lipinski definition) is 5. The van der Waals surface area contributed by atoms with Crippen LogP contribution in [0.25, 0.3) is 10.9 Å². The van der Waals surface area contributed by atoms with Gasteiger partial charge in [0.15, 0.2) is 0 Å². The first-order valence-corrected chi connectivity index (χ1v) is 9.45. The van der Waals surface area contributed by atoms with E-state index in [0.717, 1.165) is 11.1 Å². The van der Waals surface area contributed by atoms with Crippen molar-refractivity contribution in [1.82, 2.24) is 9.88 Å². The minimum Gasteiger partial charge on any atom is -0.543 e. The van der Waals surface area contributed by atoms with Crippen LogP contribution in [0, 0.1) is 5.82 Å². The normalized spacial score (nSPS) is 11.1. The molecule has 2 heterocycles. The highest BCUT2D eigenvalue weighted by Gasteiger charge is 2.19. The van der Waals surface area contributed by atoms with Gasteiger partial charge in [0.1, 0.15) is 17.3 Å². The molecule has 0 fully saturated rings. The van der Waals surface area contributed by atoms with E-state index in [1.54, 1.807) is 48.3 Å². The van der Waals surface area contributed by atoms with Crippen molar-refractivity contribution < 1.29 is 23.4 Å². The van der Waals surface area contributed by atoms with Gasteiger partial charge in [-0.15, -0.1) is 0 Å². The number of furan rings is 1. The molecule has 2 aromatic carbocycles. The summed E-state index contributed by atoms with van der Waals surface area (Å²) in [5.41, 5.74) is 1.96. The fourth-order valence-corrected chi connectivity index (χ4v) is 3.65. The molecule has 154 valence electrons. The number of carboxylic acids is 1. The van der Waals surface area contributed by atoms with Gasteiger partial charge in [0.25, 0.3) is 0 Å². The van der Waals surface area contributed by atoms with E-state index >= 15 is 0 Å². The van der Waals surface area contributed by atoms with E-state index in [2.05, 4.69) is 5.32 Å². The number of fused-ring (bicyclic) bond motifs is 1. The first-order valence-electron chi connectivity index (χ1n) is 9.45. The number of ether oxygens (including phenoxy) is 1. The standard InChI is InChI=1S/C23H21FN2O4/c1-29-17-7-8-19-20(13-25-12-18-6-3-9-30-18)22(23(27)28)26(21(19)11-17)14-15-4-2-5-16(24)10-15/h2-11,25H,12-14H2,1H3,(H,27,28)/p-1. The summed E-state index contributed by atoms with van der Waals surface area (Å²) in [7, 11) is 1.55. The van der Waals surface area contributed by atoms with Gasteiger partial charge >= 0.3 is 0 Å². The van der Waals surface area contributed by atoms with E-state index in [0.29, 0.717) is 35.5 Å². The Kier molecular flexibility index (Phi) is 5.54. The lowest BCUT2D eigenvalue weighted by atomic mass is 10.1. The second-order valence-electron chi connectivity index (χ2n) is 6.90. The first kappa shape index (κ1) is 19.7. The van der Waals surface area contributed by atoms with Crippen LogP contribution in [0.3, 0.4) is 0 Å². The maximum Gasteiger partial charge on any atom is 0.123 e. The Labute approximate surface area is 172 Å². The quantitative estimate of drug-likeness (QED) is 0.486. The summed E-state index contributed by atoms with van der Waals surface area (Å²) in [4.78, 5) is 12.1. The number of halogens is 1. The lowest BCUT2D eigenvalue weighted by molar-refractivity contribution is -0.255. The molecule has 2 aromatic heterocycles. The first-order chi connectivity index (χ1) is 14.6. The summed E-state index contributed by atoms with van der Waals surface area (Å²) < 4.78 is 26.0. The Morgan fingerprint density at radius 1 is 1.17 bits per heavy atom. The Morgan fingerprint density at radius 3 is 2.73 bits per heavy atom. The van der Waals surface area contributed by atoms with Gasteiger partial charge in [-0.1, -0.05) is 12.1 Å². The number of aromatic carboxylic acids is 1. The lowest BCUT2D eigenvalue weighted by Gasteiger charge is -2.14. The van der Waals surface area contributed by atoms with Crippen LogP contribution in [0.2, 0.25) is 0 Å². The van der Waals surface area contributed by atoms with Gasteiger partial charge in [-0.25, -0.2) is 4.39 Å². The second kappa shape index (κ2) is 8.42. The van der Waals surface area contributed by atoms with Gasteiger partial charge in [-0.05, 0) is 42.0 Å². The largest absolute Gasteiger partial charge is 0.543 e. The van der Waals surface area contributed by atoms with Crippen molar-refractivity contribution in [2.45, 2.75) is 19.6 Å². The maximum absolute atomic E-state index is 13.7. The Morgan fingerprint density at radius 2 is 2.03 bits per heavy atom. The van der Waals surface area contributed by atoms with Gasteiger partial charge in [0, 0.05) is 30.1 Å². The van der Waals surface area contributed by atoms with Crippen LogP contribution >= 0.6 is 0 Å². The number of carbonyl (C=O) groups is 1. The average molecular weight is 407 g/mol. The van der Waals surface area contributed by atoms with E-state index in [1.165, 1.54) is 12.1 Å². The minimum atomic E-state index is -1.30. The van der Waals surface area contributed by atoms with Crippen LogP contribution in [-0.4, -0.2) is 17.6 Å². The second-order valence-corrected chi connectivity index (χ2v) is 6.90. The molecule has 0 saturated carbocycles. The fraction of sp³-hybridized carbons (Fsp3) is 0.174. The predicted octanol–water partition coefficient (Wildman–Crippen LogP) is 3.08. The zero-order valence-corrected chi connectivity index (χ0v) is 16.4. The van der Waals surface area contributed by atoms with Crippen molar-refractivity contribution in [1.29, 1.82) is 0 Å². The third-order valence-corrected chi connectivity index (χ3v) is 4.98. The van der Waals surface area contributed by atoms with Crippen molar-refractivity contribution in [3.05, 3.63) is 89.3 Å². The van der Waals surface area contributed by atoms with E-state index in [4.69, 9.17) is 9.15 Å². The molecule has 4 rings (SSSR count). The molecule has 0 atom stereocenters.